The lowest BCUT2D eigenvalue weighted by molar-refractivity contribution is -0.113. The third-order valence-electron chi connectivity index (χ3n) is 4.85. The summed E-state index contributed by atoms with van der Waals surface area (Å²) in [6, 6.07) is 13.4. The van der Waals surface area contributed by atoms with Crippen molar-refractivity contribution in [1.82, 2.24) is 15.4 Å². The molecule has 2 heterocycles. The SMILES string of the molecule is CCOC(=O)c1ccc(NC(=O)CSc2nnc(NC(=O)c3c(-c4ccccc4Cl)noc3C)s2)cc1. The predicted molar refractivity (Wildman–Crippen MR) is 141 cm³/mol. The largest absolute Gasteiger partial charge is 0.462 e. The van der Waals surface area contributed by atoms with E-state index in [1.54, 1.807) is 62.4 Å². The molecule has 2 aromatic heterocycles. The lowest BCUT2D eigenvalue weighted by Gasteiger charge is -2.06. The molecule has 10 nitrogen and oxygen atoms in total. The Kier molecular flexibility index (Phi) is 8.54. The van der Waals surface area contributed by atoms with Crippen molar-refractivity contribution in [3.8, 4) is 11.3 Å². The summed E-state index contributed by atoms with van der Waals surface area (Å²) in [5.74, 6) is -0.749. The average Bonchev–Trinajstić information content (AvgIpc) is 3.49. The van der Waals surface area contributed by atoms with Crippen molar-refractivity contribution in [3.05, 3.63) is 70.4 Å². The number of rotatable bonds is 9. The Labute approximate surface area is 224 Å². The molecule has 0 aliphatic carbocycles. The second kappa shape index (κ2) is 12.0. The van der Waals surface area contributed by atoms with E-state index in [0.717, 1.165) is 11.3 Å². The van der Waals surface area contributed by atoms with Crippen LogP contribution in [0.4, 0.5) is 10.8 Å². The van der Waals surface area contributed by atoms with Gasteiger partial charge in [0, 0.05) is 11.3 Å². The zero-order valence-corrected chi connectivity index (χ0v) is 22.0. The van der Waals surface area contributed by atoms with Gasteiger partial charge in [0.2, 0.25) is 11.0 Å². The summed E-state index contributed by atoms with van der Waals surface area (Å²) in [7, 11) is 0. The smallest absolute Gasteiger partial charge is 0.338 e. The van der Waals surface area contributed by atoms with Crippen molar-refractivity contribution >= 4 is 63.3 Å². The first-order valence-electron chi connectivity index (χ1n) is 10.9. The number of benzene rings is 2. The molecular weight excluding hydrogens is 538 g/mol. The molecule has 0 bridgehead atoms. The first-order chi connectivity index (χ1) is 17.9. The molecule has 0 radical (unpaired) electrons. The molecule has 0 atom stereocenters. The van der Waals surface area contributed by atoms with Crippen molar-refractivity contribution in [3.63, 3.8) is 0 Å². The molecule has 13 heteroatoms. The van der Waals surface area contributed by atoms with Crippen LogP contribution in [0.2, 0.25) is 5.02 Å². The number of hydrogen-bond donors (Lipinski definition) is 2. The molecule has 0 unspecified atom stereocenters. The van der Waals surface area contributed by atoms with Crippen molar-refractivity contribution in [2.45, 2.75) is 18.2 Å². The summed E-state index contributed by atoms with van der Waals surface area (Å²) in [6.07, 6.45) is 0. The number of nitrogens with zero attached hydrogens (tertiary/aromatic N) is 3. The third kappa shape index (κ3) is 6.53. The van der Waals surface area contributed by atoms with Crippen LogP contribution in [0.5, 0.6) is 0 Å². The number of thioether (sulfide) groups is 1. The molecule has 37 heavy (non-hydrogen) atoms. The van der Waals surface area contributed by atoms with Crippen molar-refractivity contribution in [1.29, 1.82) is 0 Å². The highest BCUT2D eigenvalue weighted by Crippen LogP contribution is 2.32. The molecule has 0 aliphatic rings. The molecule has 0 saturated heterocycles. The quantitative estimate of drug-likeness (QED) is 0.159. The number of nitrogens with one attached hydrogen (secondary N) is 2. The van der Waals surface area contributed by atoms with E-state index in [1.165, 1.54) is 11.8 Å². The van der Waals surface area contributed by atoms with Gasteiger partial charge in [-0.05, 0) is 44.2 Å². The minimum absolute atomic E-state index is 0.0730. The molecule has 0 fully saturated rings. The number of anilines is 2. The molecule has 0 aliphatic heterocycles. The fraction of sp³-hybridized carbons (Fsp3) is 0.167. The van der Waals surface area contributed by atoms with Gasteiger partial charge in [-0.15, -0.1) is 10.2 Å². The van der Waals surface area contributed by atoms with Crippen molar-refractivity contribution < 1.29 is 23.6 Å². The van der Waals surface area contributed by atoms with Crippen LogP contribution < -0.4 is 10.6 Å². The molecule has 0 spiro atoms. The number of aryl methyl sites for hydroxylation is 1. The Morgan fingerprint density at radius 2 is 1.84 bits per heavy atom. The zero-order chi connectivity index (χ0) is 26.4. The van der Waals surface area contributed by atoms with Crippen molar-refractivity contribution in [2.75, 3.05) is 23.0 Å². The van der Waals surface area contributed by atoms with Crippen LogP contribution in [0.15, 0.2) is 57.4 Å². The van der Waals surface area contributed by atoms with Gasteiger partial charge in [-0.3, -0.25) is 14.9 Å². The molecule has 4 rings (SSSR count). The van der Waals surface area contributed by atoms with Gasteiger partial charge in [-0.25, -0.2) is 4.79 Å². The Morgan fingerprint density at radius 1 is 1.08 bits per heavy atom. The second-order valence-electron chi connectivity index (χ2n) is 7.40. The van der Waals surface area contributed by atoms with E-state index < -0.39 is 11.9 Å². The summed E-state index contributed by atoms with van der Waals surface area (Å²) in [5.41, 5.74) is 2.08. The summed E-state index contributed by atoms with van der Waals surface area (Å²) >= 11 is 8.56. The highest BCUT2D eigenvalue weighted by Gasteiger charge is 2.24. The summed E-state index contributed by atoms with van der Waals surface area (Å²) in [5, 5.41) is 18.1. The standard InChI is InChI=1S/C24H20ClN5O5S2/c1-3-34-22(33)14-8-10-15(11-9-14)26-18(31)12-36-24-29-28-23(37-24)27-21(32)19-13(2)35-30-20(19)16-6-4-5-7-17(16)25/h4-11H,3,12H2,1-2H3,(H,26,31)(H,27,28,32). The maximum absolute atomic E-state index is 13.0. The molecule has 4 aromatic rings. The summed E-state index contributed by atoms with van der Waals surface area (Å²) in [4.78, 5) is 37.0. The summed E-state index contributed by atoms with van der Waals surface area (Å²) < 4.78 is 10.7. The van der Waals surface area contributed by atoms with Crippen LogP contribution in [0.3, 0.4) is 0 Å². The van der Waals surface area contributed by atoms with E-state index in [2.05, 4.69) is 26.0 Å². The van der Waals surface area contributed by atoms with E-state index in [9.17, 15) is 14.4 Å². The number of carbonyl (C=O) groups excluding carboxylic acids is 3. The van der Waals surface area contributed by atoms with Gasteiger partial charge in [0.25, 0.3) is 5.91 Å². The number of carbonyl (C=O) groups is 3. The van der Waals surface area contributed by atoms with Crippen LogP contribution in [0.25, 0.3) is 11.3 Å². The van der Waals surface area contributed by atoms with Crippen LogP contribution in [0, 0.1) is 6.92 Å². The lowest BCUT2D eigenvalue weighted by Crippen LogP contribution is -2.14. The fourth-order valence-corrected chi connectivity index (χ4v) is 4.96. The maximum Gasteiger partial charge on any atom is 0.338 e. The van der Waals surface area contributed by atoms with Gasteiger partial charge in [-0.2, -0.15) is 0 Å². The van der Waals surface area contributed by atoms with Gasteiger partial charge in [0.1, 0.15) is 17.0 Å². The Morgan fingerprint density at radius 3 is 2.57 bits per heavy atom. The number of aromatic nitrogens is 3. The van der Waals surface area contributed by atoms with E-state index in [-0.39, 0.29) is 29.0 Å². The molecule has 2 aromatic carbocycles. The Balaban J connectivity index is 1.33. The van der Waals surface area contributed by atoms with Crippen LogP contribution in [-0.4, -0.2) is 45.5 Å². The predicted octanol–water partition coefficient (Wildman–Crippen LogP) is 5.31. The highest BCUT2D eigenvalue weighted by atomic mass is 35.5. The maximum atomic E-state index is 13.0. The van der Waals surface area contributed by atoms with E-state index in [0.29, 0.717) is 37.6 Å². The lowest BCUT2D eigenvalue weighted by atomic mass is 10.1. The number of esters is 1. The fourth-order valence-electron chi connectivity index (χ4n) is 3.18. The van der Waals surface area contributed by atoms with Gasteiger partial charge in [0.15, 0.2) is 4.34 Å². The highest BCUT2D eigenvalue weighted by molar-refractivity contribution is 8.01. The number of amides is 2. The number of halogens is 1. The average molecular weight is 558 g/mol. The van der Waals surface area contributed by atoms with Gasteiger partial charge in [-0.1, -0.05) is 58.1 Å². The zero-order valence-electron chi connectivity index (χ0n) is 19.6. The number of hydrogen-bond acceptors (Lipinski definition) is 10. The molecular formula is C24H20ClN5O5S2. The monoisotopic (exact) mass is 557 g/mol. The Bertz CT molecular complexity index is 1440. The normalized spacial score (nSPS) is 10.7. The minimum atomic E-state index is -0.467. The minimum Gasteiger partial charge on any atom is -0.462 e. The molecule has 2 amide bonds. The van der Waals surface area contributed by atoms with Crippen molar-refractivity contribution in [2.24, 2.45) is 0 Å². The van der Waals surface area contributed by atoms with Crippen LogP contribution >= 0.6 is 34.7 Å². The van der Waals surface area contributed by atoms with Gasteiger partial charge < -0.3 is 14.6 Å². The third-order valence-corrected chi connectivity index (χ3v) is 7.15. The first kappa shape index (κ1) is 26.3. The number of ether oxygens (including phenoxy) is 1. The van der Waals surface area contributed by atoms with E-state index in [4.69, 9.17) is 20.9 Å². The van der Waals surface area contributed by atoms with Crippen LogP contribution in [0.1, 0.15) is 33.4 Å². The van der Waals surface area contributed by atoms with Gasteiger partial charge in [0.05, 0.1) is 22.9 Å². The van der Waals surface area contributed by atoms with Crippen LogP contribution in [-0.2, 0) is 9.53 Å². The topological polar surface area (TPSA) is 136 Å². The van der Waals surface area contributed by atoms with E-state index >= 15 is 0 Å². The second-order valence-corrected chi connectivity index (χ2v) is 10.0. The first-order valence-corrected chi connectivity index (χ1v) is 13.1. The molecule has 190 valence electrons. The molecule has 0 saturated carbocycles. The van der Waals surface area contributed by atoms with E-state index in [1.807, 2.05) is 0 Å². The summed E-state index contributed by atoms with van der Waals surface area (Å²) in [6.45, 7) is 3.65. The molecule has 2 N–H and O–H groups in total. The van der Waals surface area contributed by atoms with Gasteiger partial charge >= 0.3 is 5.97 Å². The Hall–Kier alpha value is -3.74.